The van der Waals surface area contributed by atoms with Crippen LogP contribution in [0.1, 0.15) is 45.4 Å². The van der Waals surface area contributed by atoms with Crippen molar-refractivity contribution in [1.82, 2.24) is 10.2 Å². The number of nitrogens with zero attached hydrogens (tertiary/aromatic N) is 1. The van der Waals surface area contributed by atoms with Crippen LogP contribution in [-0.4, -0.2) is 49.2 Å². The lowest BCUT2D eigenvalue weighted by atomic mass is 9.98. The van der Waals surface area contributed by atoms with E-state index in [1.807, 2.05) is 0 Å². The van der Waals surface area contributed by atoms with E-state index < -0.39 is 0 Å². The van der Waals surface area contributed by atoms with E-state index in [0.29, 0.717) is 12.5 Å². The van der Waals surface area contributed by atoms with Crippen LogP contribution in [0.2, 0.25) is 0 Å². The molecule has 0 aromatic carbocycles. The van der Waals surface area contributed by atoms with Crippen molar-refractivity contribution in [2.24, 2.45) is 0 Å². The molecule has 2 bridgehead atoms. The van der Waals surface area contributed by atoms with E-state index in [9.17, 15) is 4.79 Å². The number of ether oxygens (including phenoxy) is 1. The van der Waals surface area contributed by atoms with Crippen molar-refractivity contribution in [3.63, 3.8) is 0 Å². The van der Waals surface area contributed by atoms with E-state index in [2.05, 4.69) is 21.9 Å². The molecule has 0 aromatic rings. The van der Waals surface area contributed by atoms with Gasteiger partial charge in [-0.15, -0.1) is 0 Å². The van der Waals surface area contributed by atoms with Crippen LogP contribution in [0, 0.1) is 0 Å². The highest BCUT2D eigenvalue weighted by Crippen LogP contribution is 2.29. The molecule has 0 aromatic heterocycles. The zero-order valence-electron chi connectivity index (χ0n) is 11.7. The Balaban J connectivity index is 1.76. The Morgan fingerprint density at radius 3 is 2.56 bits per heavy atom. The van der Waals surface area contributed by atoms with Gasteiger partial charge in [0.25, 0.3) is 0 Å². The van der Waals surface area contributed by atoms with Gasteiger partial charge < -0.3 is 15.0 Å². The summed E-state index contributed by atoms with van der Waals surface area (Å²) in [6.45, 7) is 4.34. The van der Waals surface area contributed by atoms with Crippen molar-refractivity contribution in [1.29, 1.82) is 0 Å². The number of carbonyl (C=O) groups is 1. The zero-order valence-corrected chi connectivity index (χ0v) is 11.7. The molecule has 104 valence electrons. The van der Waals surface area contributed by atoms with Gasteiger partial charge in [0.2, 0.25) is 0 Å². The number of nitrogens with one attached hydrogen (secondary N) is 1. The third-order valence-corrected chi connectivity index (χ3v) is 4.42. The van der Waals surface area contributed by atoms with E-state index >= 15 is 0 Å². The van der Waals surface area contributed by atoms with Crippen molar-refractivity contribution in [2.75, 3.05) is 20.2 Å². The molecule has 2 aliphatic rings. The second kappa shape index (κ2) is 6.53. The van der Waals surface area contributed by atoms with Crippen LogP contribution in [0.3, 0.4) is 0 Å². The number of piperidine rings is 1. The molecule has 1 N–H and O–H groups in total. The third kappa shape index (κ3) is 3.45. The number of hydrogen-bond acceptors (Lipinski definition) is 4. The van der Waals surface area contributed by atoms with E-state index in [4.69, 9.17) is 0 Å². The molecule has 2 fully saturated rings. The number of esters is 1. The second-order valence-electron chi connectivity index (χ2n) is 5.57. The van der Waals surface area contributed by atoms with Crippen LogP contribution in [0.5, 0.6) is 0 Å². The maximum atomic E-state index is 11.1. The normalized spacial score (nSPS) is 30.7. The third-order valence-electron chi connectivity index (χ3n) is 4.42. The predicted octanol–water partition coefficient (Wildman–Crippen LogP) is 1.54. The van der Waals surface area contributed by atoms with E-state index in [1.165, 1.54) is 32.8 Å². The first-order valence-electron chi connectivity index (χ1n) is 7.29. The number of carbonyl (C=O) groups excluding carboxylic acids is 1. The first kappa shape index (κ1) is 13.8. The summed E-state index contributed by atoms with van der Waals surface area (Å²) in [6, 6.07) is 2.19. The molecule has 0 aliphatic carbocycles. The summed E-state index contributed by atoms with van der Waals surface area (Å²) in [5.41, 5.74) is 0. The van der Waals surface area contributed by atoms with Gasteiger partial charge in [-0.05, 0) is 45.2 Å². The summed E-state index contributed by atoms with van der Waals surface area (Å²) in [5.74, 6) is -0.0866. The lowest BCUT2D eigenvalue weighted by Crippen LogP contribution is -2.48. The van der Waals surface area contributed by atoms with Crippen LogP contribution in [-0.2, 0) is 9.53 Å². The molecule has 0 amide bonds. The Hall–Kier alpha value is -0.610. The highest BCUT2D eigenvalue weighted by molar-refractivity contribution is 5.69. The van der Waals surface area contributed by atoms with Crippen LogP contribution in [0.25, 0.3) is 0 Å². The Kier molecular flexibility index (Phi) is 5.01. The Morgan fingerprint density at radius 1 is 1.33 bits per heavy atom. The summed E-state index contributed by atoms with van der Waals surface area (Å²) in [5, 5.41) is 3.68. The molecule has 2 saturated heterocycles. The Morgan fingerprint density at radius 2 is 2.00 bits per heavy atom. The number of fused-ring (bicyclic) bond motifs is 2. The van der Waals surface area contributed by atoms with Gasteiger partial charge in [-0.2, -0.15) is 0 Å². The number of rotatable bonds is 6. The van der Waals surface area contributed by atoms with Crippen molar-refractivity contribution < 1.29 is 9.53 Å². The van der Waals surface area contributed by atoms with Crippen molar-refractivity contribution in [2.45, 2.75) is 63.6 Å². The fraction of sp³-hybridized carbons (Fsp3) is 0.929. The van der Waals surface area contributed by atoms with Gasteiger partial charge in [-0.3, -0.25) is 4.79 Å². The molecule has 2 rings (SSSR count). The second-order valence-corrected chi connectivity index (χ2v) is 5.57. The summed E-state index contributed by atoms with van der Waals surface area (Å²) in [7, 11) is 1.46. The molecule has 0 saturated carbocycles. The topological polar surface area (TPSA) is 41.6 Å². The van der Waals surface area contributed by atoms with Crippen LogP contribution < -0.4 is 5.32 Å². The first-order valence-corrected chi connectivity index (χ1v) is 7.29. The standard InChI is InChI=1S/C14H26N2O2/c1-3-16(8-4-5-14(17)18-2)13-9-11-6-7-12(10-13)15-11/h11-13,15H,3-10H2,1-2H3. The maximum absolute atomic E-state index is 11.1. The minimum atomic E-state index is -0.0866. The molecule has 4 nitrogen and oxygen atoms in total. The fourth-order valence-corrected chi connectivity index (χ4v) is 3.45. The van der Waals surface area contributed by atoms with Gasteiger partial charge in [0.05, 0.1) is 7.11 Å². The summed E-state index contributed by atoms with van der Waals surface area (Å²) >= 11 is 0. The minimum absolute atomic E-state index is 0.0866. The van der Waals surface area contributed by atoms with Crippen LogP contribution in [0.4, 0.5) is 0 Å². The highest BCUT2D eigenvalue weighted by Gasteiger charge is 2.35. The van der Waals surface area contributed by atoms with Gasteiger partial charge in [0, 0.05) is 24.5 Å². The van der Waals surface area contributed by atoms with Crippen molar-refractivity contribution in [3.05, 3.63) is 0 Å². The molecule has 2 aliphatic heterocycles. The van der Waals surface area contributed by atoms with Gasteiger partial charge in [0.1, 0.15) is 0 Å². The van der Waals surface area contributed by atoms with Crippen molar-refractivity contribution >= 4 is 5.97 Å². The lowest BCUT2D eigenvalue weighted by molar-refractivity contribution is -0.140. The van der Waals surface area contributed by atoms with Gasteiger partial charge >= 0.3 is 5.97 Å². The predicted molar refractivity (Wildman–Crippen MR) is 71.5 cm³/mol. The monoisotopic (exact) mass is 254 g/mol. The number of hydrogen-bond donors (Lipinski definition) is 1. The van der Waals surface area contributed by atoms with Gasteiger partial charge in [-0.25, -0.2) is 0 Å². The Bertz CT molecular complexity index is 271. The SMILES string of the molecule is CCN(CCCC(=O)OC)C1CC2CCC(C1)N2. The number of methoxy groups -OCH3 is 1. The average Bonchev–Trinajstić information content (AvgIpc) is 2.73. The van der Waals surface area contributed by atoms with Crippen LogP contribution >= 0.6 is 0 Å². The average molecular weight is 254 g/mol. The van der Waals surface area contributed by atoms with E-state index in [-0.39, 0.29) is 5.97 Å². The molecule has 18 heavy (non-hydrogen) atoms. The molecule has 0 spiro atoms. The Labute approximate surface area is 110 Å². The summed E-state index contributed by atoms with van der Waals surface area (Å²) < 4.78 is 4.69. The first-order chi connectivity index (χ1) is 8.72. The molecule has 2 atom stereocenters. The zero-order chi connectivity index (χ0) is 13.0. The van der Waals surface area contributed by atoms with E-state index in [1.54, 1.807) is 0 Å². The quantitative estimate of drug-likeness (QED) is 0.730. The van der Waals surface area contributed by atoms with Crippen molar-refractivity contribution in [3.8, 4) is 0 Å². The lowest BCUT2D eigenvalue weighted by Gasteiger charge is -2.37. The minimum Gasteiger partial charge on any atom is -0.469 e. The van der Waals surface area contributed by atoms with Gasteiger partial charge in [0.15, 0.2) is 0 Å². The van der Waals surface area contributed by atoms with Gasteiger partial charge in [-0.1, -0.05) is 6.92 Å². The smallest absolute Gasteiger partial charge is 0.305 e. The molecule has 0 radical (unpaired) electrons. The molecule has 2 heterocycles. The highest BCUT2D eigenvalue weighted by atomic mass is 16.5. The molecule has 2 unspecified atom stereocenters. The molecular weight excluding hydrogens is 228 g/mol. The van der Waals surface area contributed by atoms with Crippen LogP contribution in [0.15, 0.2) is 0 Å². The largest absolute Gasteiger partial charge is 0.469 e. The van der Waals surface area contributed by atoms with E-state index in [0.717, 1.165) is 31.6 Å². The summed E-state index contributed by atoms with van der Waals surface area (Å²) in [4.78, 5) is 13.7. The maximum Gasteiger partial charge on any atom is 0.305 e. The molecular formula is C14H26N2O2. The fourth-order valence-electron chi connectivity index (χ4n) is 3.45. The molecule has 4 heteroatoms. The summed E-state index contributed by atoms with van der Waals surface area (Å²) in [6.07, 6.45) is 6.72.